The molecule has 4 heteroatoms. The van der Waals surface area contributed by atoms with Crippen molar-refractivity contribution < 1.29 is 9.90 Å². The molecule has 0 aliphatic heterocycles. The van der Waals surface area contributed by atoms with E-state index in [1.54, 1.807) is 4.90 Å². The van der Waals surface area contributed by atoms with Gasteiger partial charge in [0.15, 0.2) is 0 Å². The van der Waals surface area contributed by atoms with E-state index in [1.165, 1.54) is 0 Å². The van der Waals surface area contributed by atoms with Crippen molar-refractivity contribution >= 4 is 5.97 Å². The summed E-state index contributed by atoms with van der Waals surface area (Å²) in [5.41, 5.74) is 0. The second-order valence-corrected chi connectivity index (χ2v) is 2.87. The highest BCUT2D eigenvalue weighted by Gasteiger charge is 2.11. The summed E-state index contributed by atoms with van der Waals surface area (Å²) in [6.07, 6.45) is 0.380. The number of carboxylic acid groups (broad SMARTS) is 1. The number of carbonyl (C=O) groups is 1. The lowest BCUT2D eigenvalue weighted by Crippen LogP contribution is -2.36. The summed E-state index contributed by atoms with van der Waals surface area (Å²) in [6.45, 7) is 4.38. The third kappa shape index (κ3) is 4.69. The van der Waals surface area contributed by atoms with E-state index < -0.39 is 5.97 Å². The summed E-state index contributed by atoms with van der Waals surface area (Å²) in [7, 11) is 0. The van der Waals surface area contributed by atoms with Crippen molar-refractivity contribution in [3.63, 3.8) is 0 Å². The van der Waals surface area contributed by atoms with Gasteiger partial charge in [0.25, 0.3) is 0 Å². The molecule has 0 amide bonds. The molecule has 0 heterocycles. The van der Waals surface area contributed by atoms with Crippen LogP contribution in [0.15, 0.2) is 0 Å². The van der Waals surface area contributed by atoms with E-state index in [-0.39, 0.29) is 12.6 Å². The highest BCUT2D eigenvalue weighted by Crippen LogP contribution is 1.98. The quantitative estimate of drug-likeness (QED) is 0.659. The molecule has 0 saturated heterocycles. The summed E-state index contributed by atoms with van der Waals surface area (Å²) < 4.78 is 0. The average Bonchev–Trinajstić information content (AvgIpc) is 1.96. The van der Waals surface area contributed by atoms with Gasteiger partial charge in [-0.05, 0) is 13.8 Å². The molecule has 0 radical (unpaired) electrons. The molecule has 4 nitrogen and oxygen atoms in total. The fraction of sp³-hybridized carbons (Fsp3) is 0.750. The van der Waals surface area contributed by atoms with E-state index >= 15 is 0 Å². The van der Waals surface area contributed by atoms with E-state index in [4.69, 9.17) is 10.4 Å². The molecule has 0 aromatic rings. The minimum atomic E-state index is -0.846. The predicted octanol–water partition coefficient (Wildman–Crippen LogP) is 0.695. The second-order valence-electron chi connectivity index (χ2n) is 2.87. The Morgan fingerprint density at radius 3 is 2.58 bits per heavy atom. The second kappa shape index (κ2) is 5.56. The van der Waals surface area contributed by atoms with Crippen molar-refractivity contribution in [3.05, 3.63) is 0 Å². The zero-order chi connectivity index (χ0) is 9.56. The van der Waals surface area contributed by atoms with E-state index in [0.717, 1.165) is 0 Å². The number of hydrogen-bond donors (Lipinski definition) is 1. The summed E-state index contributed by atoms with van der Waals surface area (Å²) in [6, 6.07) is 2.17. The molecule has 0 aromatic carbocycles. The van der Waals surface area contributed by atoms with Crippen LogP contribution in [0, 0.1) is 11.3 Å². The molecule has 0 aliphatic rings. The Balaban J connectivity index is 3.88. The van der Waals surface area contributed by atoms with E-state index in [0.29, 0.717) is 13.0 Å². The van der Waals surface area contributed by atoms with Crippen LogP contribution in [0.2, 0.25) is 0 Å². The molecule has 0 bridgehead atoms. The molecule has 1 N–H and O–H groups in total. The van der Waals surface area contributed by atoms with Gasteiger partial charge in [0.2, 0.25) is 0 Å². The third-order valence-electron chi connectivity index (χ3n) is 1.58. The van der Waals surface area contributed by atoms with Crippen LogP contribution in [-0.2, 0) is 4.79 Å². The van der Waals surface area contributed by atoms with Gasteiger partial charge in [-0.1, -0.05) is 0 Å². The predicted molar refractivity (Wildman–Crippen MR) is 44.6 cm³/mol. The number of aliphatic carboxylic acids is 1. The number of carboxylic acids is 1. The third-order valence-corrected chi connectivity index (χ3v) is 1.58. The number of nitrogens with zero attached hydrogens (tertiary/aromatic N) is 2. The smallest absolute Gasteiger partial charge is 0.317 e. The Labute approximate surface area is 72.4 Å². The summed E-state index contributed by atoms with van der Waals surface area (Å²) in [5, 5.41) is 16.8. The van der Waals surface area contributed by atoms with Gasteiger partial charge >= 0.3 is 5.97 Å². The first-order valence-corrected chi connectivity index (χ1v) is 3.90. The summed E-state index contributed by atoms with van der Waals surface area (Å²) in [5.74, 6) is -0.846. The molecule has 12 heavy (non-hydrogen) atoms. The molecule has 0 atom stereocenters. The van der Waals surface area contributed by atoms with Gasteiger partial charge in [0.05, 0.1) is 12.6 Å². The maximum Gasteiger partial charge on any atom is 0.317 e. The molecule has 0 aliphatic carbocycles. The molecular weight excluding hydrogens is 156 g/mol. The Morgan fingerprint density at radius 1 is 1.67 bits per heavy atom. The van der Waals surface area contributed by atoms with Gasteiger partial charge in [-0.25, -0.2) is 0 Å². The van der Waals surface area contributed by atoms with Crippen LogP contribution in [-0.4, -0.2) is 35.1 Å². The van der Waals surface area contributed by atoms with Crippen molar-refractivity contribution in [3.8, 4) is 6.07 Å². The Bertz CT molecular complexity index is 184. The van der Waals surface area contributed by atoms with Gasteiger partial charge in [-0.15, -0.1) is 0 Å². The SMILES string of the molecule is CC(C)N(CCC#N)CC(=O)O. The zero-order valence-electron chi connectivity index (χ0n) is 7.45. The molecule has 68 valence electrons. The van der Waals surface area contributed by atoms with E-state index in [2.05, 4.69) is 0 Å². The van der Waals surface area contributed by atoms with Gasteiger partial charge in [0, 0.05) is 19.0 Å². The fourth-order valence-electron chi connectivity index (χ4n) is 0.887. The van der Waals surface area contributed by atoms with Gasteiger partial charge < -0.3 is 5.11 Å². The van der Waals surface area contributed by atoms with Crippen molar-refractivity contribution in [2.24, 2.45) is 0 Å². The Morgan fingerprint density at radius 2 is 2.25 bits per heavy atom. The highest BCUT2D eigenvalue weighted by molar-refractivity contribution is 5.69. The molecule has 0 spiro atoms. The molecule has 0 rings (SSSR count). The topological polar surface area (TPSA) is 64.3 Å². The van der Waals surface area contributed by atoms with Crippen LogP contribution in [0.1, 0.15) is 20.3 Å². The average molecular weight is 170 g/mol. The number of nitriles is 1. The number of hydrogen-bond acceptors (Lipinski definition) is 3. The molecule has 0 saturated carbocycles. The number of rotatable bonds is 5. The van der Waals surface area contributed by atoms with Crippen LogP contribution in [0.25, 0.3) is 0 Å². The van der Waals surface area contributed by atoms with Crippen LogP contribution in [0.3, 0.4) is 0 Å². The summed E-state index contributed by atoms with van der Waals surface area (Å²) in [4.78, 5) is 12.1. The maximum absolute atomic E-state index is 10.4. The fourth-order valence-corrected chi connectivity index (χ4v) is 0.887. The van der Waals surface area contributed by atoms with Gasteiger partial charge in [-0.3, -0.25) is 9.69 Å². The first kappa shape index (κ1) is 10.9. The standard InChI is InChI=1S/C8H14N2O2/c1-7(2)10(5-3-4-9)6-8(11)12/h7H,3,5-6H2,1-2H3,(H,11,12). The first-order valence-electron chi connectivity index (χ1n) is 3.90. The van der Waals surface area contributed by atoms with E-state index in [1.807, 2.05) is 19.9 Å². The Hall–Kier alpha value is -1.08. The normalized spacial score (nSPS) is 10.2. The van der Waals surface area contributed by atoms with Crippen LogP contribution in [0.5, 0.6) is 0 Å². The van der Waals surface area contributed by atoms with Crippen molar-refractivity contribution in [2.45, 2.75) is 26.3 Å². The molecule has 0 fully saturated rings. The Kier molecular flexibility index (Phi) is 5.06. The van der Waals surface area contributed by atoms with Crippen molar-refractivity contribution in [1.29, 1.82) is 5.26 Å². The van der Waals surface area contributed by atoms with Crippen molar-refractivity contribution in [2.75, 3.05) is 13.1 Å². The molecule has 0 aromatic heterocycles. The molecular formula is C8H14N2O2. The first-order chi connectivity index (χ1) is 5.57. The van der Waals surface area contributed by atoms with E-state index in [9.17, 15) is 4.79 Å². The maximum atomic E-state index is 10.4. The molecule has 0 unspecified atom stereocenters. The minimum absolute atomic E-state index is 0.0132. The lowest BCUT2D eigenvalue weighted by Gasteiger charge is -2.22. The lowest BCUT2D eigenvalue weighted by atomic mass is 10.3. The largest absolute Gasteiger partial charge is 0.480 e. The van der Waals surface area contributed by atoms with Gasteiger partial charge in [-0.2, -0.15) is 5.26 Å². The highest BCUT2D eigenvalue weighted by atomic mass is 16.4. The van der Waals surface area contributed by atoms with Crippen LogP contribution < -0.4 is 0 Å². The monoisotopic (exact) mass is 170 g/mol. The van der Waals surface area contributed by atoms with Crippen LogP contribution in [0.4, 0.5) is 0 Å². The lowest BCUT2D eigenvalue weighted by molar-refractivity contribution is -0.138. The minimum Gasteiger partial charge on any atom is -0.480 e. The van der Waals surface area contributed by atoms with Gasteiger partial charge in [0.1, 0.15) is 0 Å². The van der Waals surface area contributed by atoms with Crippen LogP contribution >= 0.6 is 0 Å². The van der Waals surface area contributed by atoms with Crippen molar-refractivity contribution in [1.82, 2.24) is 4.90 Å². The summed E-state index contributed by atoms with van der Waals surface area (Å²) >= 11 is 0. The zero-order valence-corrected chi connectivity index (χ0v) is 7.45.